The number of anilines is 1. The number of amides is 1. The van der Waals surface area contributed by atoms with Crippen LogP contribution >= 0.6 is 11.3 Å². The molecule has 0 aliphatic heterocycles. The third kappa shape index (κ3) is 2.11. The number of rotatable bonds is 4. The smallest absolute Gasteiger partial charge is 0.287 e. The molecule has 0 saturated heterocycles. The number of nitrogens with zero attached hydrogens (tertiary/aromatic N) is 4. The lowest BCUT2D eigenvalue weighted by Crippen LogP contribution is -2.22. The van der Waals surface area contributed by atoms with Gasteiger partial charge in [-0.3, -0.25) is 4.79 Å². The standard InChI is InChI=1S/C13H15N5OS/c19-11(13-17-16-12(20-13)8-4-5-8)15-10-6-7-14-18(10)9-2-1-3-9/h6-9H,1-5H2,(H,15,19). The number of hydrogen-bond donors (Lipinski definition) is 1. The average Bonchev–Trinajstić information content (AvgIpc) is 2.94. The van der Waals surface area contributed by atoms with Gasteiger partial charge in [0.05, 0.1) is 12.2 Å². The zero-order chi connectivity index (χ0) is 13.5. The monoisotopic (exact) mass is 289 g/mol. The number of carbonyl (C=O) groups is 1. The molecule has 104 valence electrons. The Bertz CT molecular complexity index is 641. The fourth-order valence-electron chi connectivity index (χ4n) is 2.33. The summed E-state index contributed by atoms with van der Waals surface area (Å²) in [5.41, 5.74) is 0. The third-order valence-corrected chi connectivity index (χ3v) is 4.98. The first-order chi connectivity index (χ1) is 9.81. The number of hydrogen-bond acceptors (Lipinski definition) is 5. The molecule has 2 aromatic rings. The normalized spacial score (nSPS) is 18.8. The summed E-state index contributed by atoms with van der Waals surface area (Å²) in [6, 6.07) is 2.26. The Morgan fingerprint density at radius 3 is 2.85 bits per heavy atom. The van der Waals surface area contributed by atoms with Crippen molar-refractivity contribution in [3.63, 3.8) is 0 Å². The van der Waals surface area contributed by atoms with E-state index in [-0.39, 0.29) is 5.91 Å². The maximum Gasteiger partial charge on any atom is 0.287 e. The summed E-state index contributed by atoms with van der Waals surface area (Å²) >= 11 is 1.40. The Balaban J connectivity index is 1.49. The van der Waals surface area contributed by atoms with Crippen LogP contribution in [0.15, 0.2) is 12.3 Å². The van der Waals surface area contributed by atoms with E-state index in [0.29, 0.717) is 17.0 Å². The van der Waals surface area contributed by atoms with Crippen LogP contribution in [-0.4, -0.2) is 25.9 Å². The van der Waals surface area contributed by atoms with Gasteiger partial charge in [-0.05, 0) is 32.1 Å². The minimum atomic E-state index is -0.185. The Labute approximate surface area is 120 Å². The van der Waals surface area contributed by atoms with Gasteiger partial charge in [0.15, 0.2) is 0 Å². The molecule has 20 heavy (non-hydrogen) atoms. The van der Waals surface area contributed by atoms with Crippen molar-refractivity contribution in [2.45, 2.75) is 44.1 Å². The van der Waals surface area contributed by atoms with Crippen LogP contribution in [-0.2, 0) is 0 Å². The summed E-state index contributed by atoms with van der Waals surface area (Å²) in [5, 5.41) is 16.7. The highest BCUT2D eigenvalue weighted by Gasteiger charge is 2.29. The fourth-order valence-corrected chi connectivity index (χ4v) is 3.23. The summed E-state index contributed by atoms with van der Waals surface area (Å²) in [6.07, 6.45) is 7.57. The van der Waals surface area contributed by atoms with Crippen LogP contribution in [0.25, 0.3) is 0 Å². The largest absolute Gasteiger partial charge is 0.305 e. The molecule has 1 N–H and O–H groups in total. The van der Waals surface area contributed by atoms with Gasteiger partial charge in [0.2, 0.25) is 5.01 Å². The second kappa shape index (κ2) is 4.66. The van der Waals surface area contributed by atoms with Crippen LogP contribution in [0.5, 0.6) is 0 Å². The molecule has 4 rings (SSSR count). The predicted octanol–water partition coefficient (Wildman–Crippen LogP) is 2.59. The molecule has 2 fully saturated rings. The zero-order valence-corrected chi connectivity index (χ0v) is 11.8. The first-order valence-electron chi connectivity index (χ1n) is 6.99. The van der Waals surface area contributed by atoms with Gasteiger partial charge >= 0.3 is 0 Å². The Morgan fingerprint density at radius 1 is 1.30 bits per heavy atom. The molecule has 2 heterocycles. The van der Waals surface area contributed by atoms with E-state index in [9.17, 15) is 4.79 Å². The first-order valence-corrected chi connectivity index (χ1v) is 7.81. The van der Waals surface area contributed by atoms with Gasteiger partial charge in [-0.25, -0.2) is 4.68 Å². The molecule has 0 unspecified atom stereocenters. The van der Waals surface area contributed by atoms with E-state index in [0.717, 1.165) is 23.7 Å². The van der Waals surface area contributed by atoms with Gasteiger partial charge in [0, 0.05) is 12.0 Å². The molecule has 2 aliphatic rings. The van der Waals surface area contributed by atoms with Gasteiger partial charge in [0.25, 0.3) is 5.91 Å². The molecule has 1 amide bonds. The molecule has 0 radical (unpaired) electrons. The molecule has 6 nitrogen and oxygen atoms in total. The first kappa shape index (κ1) is 12.0. The van der Waals surface area contributed by atoms with E-state index in [1.54, 1.807) is 6.20 Å². The molecule has 2 aromatic heterocycles. The lowest BCUT2D eigenvalue weighted by atomic mass is 9.93. The topological polar surface area (TPSA) is 72.7 Å². The average molecular weight is 289 g/mol. The van der Waals surface area contributed by atoms with Crippen molar-refractivity contribution < 1.29 is 4.79 Å². The molecule has 2 saturated carbocycles. The lowest BCUT2D eigenvalue weighted by molar-refractivity contribution is 0.102. The summed E-state index contributed by atoms with van der Waals surface area (Å²) in [5.74, 6) is 1.10. The highest BCUT2D eigenvalue weighted by Crippen LogP contribution is 2.41. The quantitative estimate of drug-likeness (QED) is 0.939. The number of aromatic nitrogens is 4. The summed E-state index contributed by atoms with van der Waals surface area (Å²) < 4.78 is 1.91. The van der Waals surface area contributed by atoms with E-state index in [1.807, 2.05) is 10.7 Å². The van der Waals surface area contributed by atoms with Crippen LogP contribution in [0.1, 0.15) is 58.9 Å². The Hall–Kier alpha value is -1.76. The molecular formula is C13H15N5OS. The summed E-state index contributed by atoms with van der Waals surface area (Å²) in [4.78, 5) is 12.2. The molecule has 2 aliphatic carbocycles. The Kier molecular flexibility index (Phi) is 2.80. The molecule has 0 spiro atoms. The van der Waals surface area contributed by atoms with E-state index < -0.39 is 0 Å². The summed E-state index contributed by atoms with van der Waals surface area (Å²) in [6.45, 7) is 0. The second-order valence-electron chi connectivity index (χ2n) is 5.42. The van der Waals surface area contributed by atoms with E-state index >= 15 is 0 Å². The van der Waals surface area contributed by atoms with Crippen LogP contribution in [0.2, 0.25) is 0 Å². The maximum atomic E-state index is 12.2. The lowest BCUT2D eigenvalue weighted by Gasteiger charge is -2.27. The molecule has 0 bridgehead atoms. The highest BCUT2D eigenvalue weighted by atomic mass is 32.1. The highest BCUT2D eigenvalue weighted by molar-refractivity contribution is 7.13. The van der Waals surface area contributed by atoms with Crippen molar-refractivity contribution in [2.75, 3.05) is 5.32 Å². The number of nitrogens with one attached hydrogen (secondary N) is 1. The zero-order valence-electron chi connectivity index (χ0n) is 11.0. The maximum absolute atomic E-state index is 12.2. The van der Waals surface area contributed by atoms with Crippen molar-refractivity contribution >= 4 is 23.1 Å². The second-order valence-corrected chi connectivity index (χ2v) is 6.43. The van der Waals surface area contributed by atoms with Crippen molar-refractivity contribution in [1.29, 1.82) is 0 Å². The van der Waals surface area contributed by atoms with Crippen LogP contribution in [0.4, 0.5) is 5.82 Å². The molecular weight excluding hydrogens is 274 g/mol. The van der Waals surface area contributed by atoms with Gasteiger partial charge < -0.3 is 5.32 Å². The SMILES string of the molecule is O=C(Nc1ccnn1C1CCC1)c1nnc(C2CC2)s1. The Morgan fingerprint density at radius 2 is 2.15 bits per heavy atom. The van der Waals surface area contributed by atoms with Gasteiger partial charge in [-0.2, -0.15) is 5.10 Å². The minimum Gasteiger partial charge on any atom is -0.305 e. The van der Waals surface area contributed by atoms with Crippen LogP contribution < -0.4 is 5.32 Å². The van der Waals surface area contributed by atoms with Crippen molar-refractivity contribution in [3.05, 3.63) is 22.3 Å². The fraction of sp³-hybridized carbons (Fsp3) is 0.538. The van der Waals surface area contributed by atoms with Crippen molar-refractivity contribution in [2.24, 2.45) is 0 Å². The minimum absolute atomic E-state index is 0.185. The summed E-state index contributed by atoms with van der Waals surface area (Å²) in [7, 11) is 0. The molecule has 7 heteroatoms. The van der Waals surface area contributed by atoms with Crippen molar-refractivity contribution in [1.82, 2.24) is 20.0 Å². The van der Waals surface area contributed by atoms with Gasteiger partial charge in [-0.1, -0.05) is 11.3 Å². The third-order valence-electron chi connectivity index (χ3n) is 3.89. The molecule has 0 atom stereocenters. The van der Waals surface area contributed by atoms with Crippen LogP contribution in [0, 0.1) is 0 Å². The van der Waals surface area contributed by atoms with Gasteiger partial charge in [0.1, 0.15) is 10.8 Å². The van der Waals surface area contributed by atoms with E-state index in [2.05, 4.69) is 20.6 Å². The predicted molar refractivity (Wildman–Crippen MR) is 75.0 cm³/mol. The van der Waals surface area contributed by atoms with Gasteiger partial charge in [-0.15, -0.1) is 10.2 Å². The molecule has 0 aromatic carbocycles. The number of carbonyl (C=O) groups excluding carboxylic acids is 1. The van der Waals surface area contributed by atoms with Crippen molar-refractivity contribution in [3.8, 4) is 0 Å². The van der Waals surface area contributed by atoms with Crippen LogP contribution in [0.3, 0.4) is 0 Å². The van der Waals surface area contributed by atoms with E-state index in [1.165, 1.54) is 30.6 Å². The van der Waals surface area contributed by atoms with E-state index in [4.69, 9.17) is 0 Å².